The molecule has 4 heterocycles. The number of benzene rings is 1. The van der Waals surface area contributed by atoms with Crippen LogP contribution in [-0.4, -0.2) is 57.7 Å². The van der Waals surface area contributed by atoms with Crippen LogP contribution in [0.15, 0.2) is 47.4 Å². The van der Waals surface area contributed by atoms with Gasteiger partial charge in [0.25, 0.3) is 11.5 Å². The Bertz CT molecular complexity index is 1280. The quantitative estimate of drug-likeness (QED) is 0.637. The second-order valence-corrected chi connectivity index (χ2v) is 8.45. The SMILES string of the molecule is C[C@@H](C(=O)N1CCC2(CC1)NC(=O)c1cccnc1N2C)c1n[nH]c(=O)c2ccccc12. The zero-order valence-corrected chi connectivity index (χ0v) is 18.0. The fraction of sp³-hybridized carbons (Fsp3) is 0.348. The normalized spacial score (nSPS) is 18.4. The Kier molecular flexibility index (Phi) is 4.69. The highest BCUT2D eigenvalue weighted by Crippen LogP contribution is 2.35. The molecule has 2 N–H and O–H groups in total. The van der Waals surface area contributed by atoms with Crippen LogP contribution in [0.3, 0.4) is 0 Å². The van der Waals surface area contributed by atoms with Crippen molar-refractivity contribution in [3.63, 3.8) is 0 Å². The second-order valence-electron chi connectivity index (χ2n) is 8.45. The predicted molar refractivity (Wildman–Crippen MR) is 119 cm³/mol. The summed E-state index contributed by atoms with van der Waals surface area (Å²) in [7, 11) is 1.93. The molecule has 1 atom stereocenters. The number of nitrogens with one attached hydrogen (secondary N) is 2. The van der Waals surface area contributed by atoms with Crippen molar-refractivity contribution in [1.29, 1.82) is 0 Å². The van der Waals surface area contributed by atoms with Crippen LogP contribution in [0.2, 0.25) is 0 Å². The van der Waals surface area contributed by atoms with Crippen molar-refractivity contribution < 1.29 is 9.59 Å². The van der Waals surface area contributed by atoms with Gasteiger partial charge in [0.15, 0.2) is 0 Å². The summed E-state index contributed by atoms with van der Waals surface area (Å²) in [6.45, 7) is 2.81. The number of piperidine rings is 1. The van der Waals surface area contributed by atoms with Gasteiger partial charge in [-0.05, 0) is 25.1 Å². The first-order chi connectivity index (χ1) is 15.4. The number of aromatic amines is 1. The van der Waals surface area contributed by atoms with Crippen molar-refractivity contribution >= 4 is 28.4 Å². The maximum Gasteiger partial charge on any atom is 0.272 e. The van der Waals surface area contributed by atoms with E-state index in [0.717, 1.165) is 0 Å². The van der Waals surface area contributed by atoms with E-state index in [2.05, 4.69) is 20.5 Å². The molecule has 3 aromatic rings. The Morgan fingerprint density at radius 1 is 1.09 bits per heavy atom. The van der Waals surface area contributed by atoms with E-state index < -0.39 is 11.6 Å². The van der Waals surface area contributed by atoms with E-state index in [0.29, 0.717) is 53.8 Å². The average Bonchev–Trinajstić information content (AvgIpc) is 2.83. The summed E-state index contributed by atoms with van der Waals surface area (Å²) in [5.41, 5.74) is 0.283. The number of hydrogen-bond acceptors (Lipinski definition) is 6. The zero-order chi connectivity index (χ0) is 22.5. The van der Waals surface area contributed by atoms with Gasteiger partial charge in [0, 0.05) is 44.6 Å². The molecule has 9 heteroatoms. The van der Waals surface area contributed by atoms with E-state index in [1.165, 1.54) is 0 Å². The first-order valence-corrected chi connectivity index (χ1v) is 10.7. The third-order valence-corrected chi connectivity index (χ3v) is 6.75. The standard InChI is InChI=1S/C23H24N6O3/c1-14(18-15-6-3-4-7-16(15)21(31)27-26-18)22(32)29-12-9-23(10-13-29)25-20(30)17-8-5-11-24-19(17)28(23)2/h3-8,11,14H,9-10,12-13H2,1-2H3,(H,25,30)(H,27,31)/t14-/m1/s1. The third-order valence-electron chi connectivity index (χ3n) is 6.75. The minimum atomic E-state index is -0.568. The Balaban J connectivity index is 1.36. The Morgan fingerprint density at radius 2 is 1.81 bits per heavy atom. The summed E-state index contributed by atoms with van der Waals surface area (Å²) < 4.78 is 0. The number of pyridine rings is 1. The van der Waals surface area contributed by atoms with Gasteiger partial charge in [0.05, 0.1) is 22.6 Å². The zero-order valence-electron chi connectivity index (χ0n) is 18.0. The van der Waals surface area contributed by atoms with E-state index in [4.69, 9.17) is 0 Å². The van der Waals surface area contributed by atoms with Crippen molar-refractivity contribution in [1.82, 2.24) is 25.4 Å². The number of likely N-dealkylation sites (tertiary alicyclic amines) is 1. The molecule has 2 aliphatic heterocycles. The molecule has 5 rings (SSSR count). The number of anilines is 1. The van der Waals surface area contributed by atoms with Gasteiger partial charge in [-0.2, -0.15) is 5.10 Å². The Labute approximate surface area is 184 Å². The Hall–Kier alpha value is -3.75. The van der Waals surface area contributed by atoms with Crippen molar-refractivity contribution in [3.8, 4) is 0 Å². The smallest absolute Gasteiger partial charge is 0.272 e. The van der Waals surface area contributed by atoms with Crippen LogP contribution >= 0.6 is 0 Å². The fourth-order valence-corrected chi connectivity index (χ4v) is 4.82. The number of fused-ring (bicyclic) bond motifs is 2. The summed E-state index contributed by atoms with van der Waals surface area (Å²) in [6.07, 6.45) is 2.86. The van der Waals surface area contributed by atoms with E-state index in [1.54, 1.807) is 30.5 Å². The number of carbonyl (C=O) groups is 2. The molecule has 9 nitrogen and oxygen atoms in total. The van der Waals surface area contributed by atoms with Crippen molar-refractivity contribution in [2.75, 3.05) is 25.0 Å². The molecule has 1 spiro atoms. The minimum absolute atomic E-state index is 0.0483. The molecule has 1 saturated heterocycles. The largest absolute Gasteiger partial charge is 0.342 e. The molecule has 2 aromatic heterocycles. The number of nitrogens with zero attached hydrogens (tertiary/aromatic N) is 4. The number of aromatic nitrogens is 3. The van der Waals surface area contributed by atoms with Crippen molar-refractivity contribution in [3.05, 3.63) is 64.2 Å². The van der Waals surface area contributed by atoms with E-state index in [9.17, 15) is 14.4 Å². The topological polar surface area (TPSA) is 111 Å². The first-order valence-electron chi connectivity index (χ1n) is 10.7. The van der Waals surface area contributed by atoms with Gasteiger partial charge >= 0.3 is 0 Å². The first kappa shape index (κ1) is 20.2. The summed E-state index contributed by atoms with van der Waals surface area (Å²) in [4.78, 5) is 46.3. The van der Waals surface area contributed by atoms with Gasteiger partial charge in [0.2, 0.25) is 5.91 Å². The minimum Gasteiger partial charge on any atom is -0.342 e. The van der Waals surface area contributed by atoms with E-state index in [-0.39, 0.29) is 17.4 Å². The van der Waals surface area contributed by atoms with Gasteiger partial charge in [-0.15, -0.1) is 0 Å². The lowest BCUT2D eigenvalue weighted by Crippen LogP contribution is -2.67. The van der Waals surface area contributed by atoms with E-state index >= 15 is 0 Å². The van der Waals surface area contributed by atoms with Crippen LogP contribution in [-0.2, 0) is 4.79 Å². The van der Waals surface area contributed by atoms with E-state index in [1.807, 2.05) is 35.9 Å². The Morgan fingerprint density at radius 3 is 2.56 bits per heavy atom. The van der Waals surface area contributed by atoms with Crippen LogP contribution in [0.4, 0.5) is 5.82 Å². The summed E-state index contributed by atoms with van der Waals surface area (Å²) in [6, 6.07) is 10.7. The number of carbonyl (C=O) groups excluding carboxylic acids is 2. The molecule has 1 aromatic carbocycles. The number of hydrogen-bond donors (Lipinski definition) is 2. The lowest BCUT2D eigenvalue weighted by molar-refractivity contribution is -0.134. The van der Waals surface area contributed by atoms with Crippen molar-refractivity contribution in [2.45, 2.75) is 31.3 Å². The molecular formula is C23H24N6O3. The summed E-state index contributed by atoms with van der Waals surface area (Å²) in [5, 5.41) is 11.1. The molecule has 32 heavy (non-hydrogen) atoms. The van der Waals surface area contributed by atoms with Crippen LogP contribution in [0.25, 0.3) is 10.8 Å². The molecule has 0 radical (unpaired) electrons. The number of rotatable bonds is 2. The van der Waals surface area contributed by atoms with Gasteiger partial charge in [-0.3, -0.25) is 14.4 Å². The van der Waals surface area contributed by atoms with Gasteiger partial charge in [0.1, 0.15) is 11.5 Å². The molecule has 164 valence electrons. The molecule has 2 amide bonds. The summed E-state index contributed by atoms with van der Waals surface area (Å²) >= 11 is 0. The highest BCUT2D eigenvalue weighted by atomic mass is 16.2. The summed E-state index contributed by atoms with van der Waals surface area (Å²) in [5.74, 6) is -0.0312. The molecule has 0 aliphatic carbocycles. The van der Waals surface area contributed by atoms with Crippen LogP contribution < -0.4 is 15.8 Å². The molecule has 0 unspecified atom stereocenters. The fourth-order valence-electron chi connectivity index (χ4n) is 4.82. The van der Waals surface area contributed by atoms with Gasteiger partial charge in [-0.1, -0.05) is 18.2 Å². The number of H-pyrrole nitrogens is 1. The van der Waals surface area contributed by atoms with Crippen molar-refractivity contribution in [2.24, 2.45) is 0 Å². The molecular weight excluding hydrogens is 408 g/mol. The molecule has 2 aliphatic rings. The monoisotopic (exact) mass is 432 g/mol. The van der Waals surface area contributed by atoms with Crippen LogP contribution in [0, 0.1) is 0 Å². The molecule has 0 saturated carbocycles. The maximum atomic E-state index is 13.3. The lowest BCUT2D eigenvalue weighted by Gasteiger charge is -2.50. The lowest BCUT2D eigenvalue weighted by atomic mass is 9.90. The van der Waals surface area contributed by atoms with Crippen LogP contribution in [0.1, 0.15) is 41.7 Å². The second kappa shape index (κ2) is 7.44. The predicted octanol–water partition coefficient (Wildman–Crippen LogP) is 1.62. The van der Waals surface area contributed by atoms with Gasteiger partial charge in [-0.25, -0.2) is 10.1 Å². The molecule has 1 fully saturated rings. The highest BCUT2D eigenvalue weighted by Gasteiger charge is 2.45. The average molecular weight is 432 g/mol. The van der Waals surface area contributed by atoms with Crippen LogP contribution in [0.5, 0.6) is 0 Å². The van der Waals surface area contributed by atoms with Gasteiger partial charge < -0.3 is 15.1 Å². The molecule has 0 bridgehead atoms. The highest BCUT2D eigenvalue weighted by molar-refractivity contribution is 6.01. The third kappa shape index (κ3) is 3.04. The maximum absolute atomic E-state index is 13.3. The number of amides is 2.